The van der Waals surface area contributed by atoms with Crippen molar-refractivity contribution in [3.05, 3.63) is 39.9 Å². The van der Waals surface area contributed by atoms with Gasteiger partial charge in [-0.3, -0.25) is 24.6 Å². The number of ether oxygens (including phenoxy) is 2. The first-order valence-corrected chi connectivity index (χ1v) is 8.34. The van der Waals surface area contributed by atoms with E-state index in [0.29, 0.717) is 5.56 Å². The molecule has 0 bridgehead atoms. The van der Waals surface area contributed by atoms with Gasteiger partial charge in [0, 0.05) is 18.7 Å². The minimum absolute atomic E-state index is 0.00882. The minimum Gasteiger partial charge on any atom is -0.466 e. The van der Waals surface area contributed by atoms with Crippen molar-refractivity contribution in [1.82, 2.24) is 4.90 Å². The number of hydrogen-bond donors (Lipinski definition) is 1. The summed E-state index contributed by atoms with van der Waals surface area (Å²) in [6.45, 7) is 1.77. The number of hydrogen-bond acceptors (Lipinski definition) is 7. The smallest absolute Gasteiger partial charge is 0.410 e. The Morgan fingerprint density at radius 1 is 1.27 bits per heavy atom. The van der Waals surface area contributed by atoms with E-state index in [1.54, 1.807) is 6.92 Å². The van der Waals surface area contributed by atoms with Crippen LogP contribution in [0.5, 0.6) is 0 Å². The Morgan fingerprint density at radius 3 is 2.46 bits per heavy atom. The predicted octanol–water partition coefficient (Wildman–Crippen LogP) is 1.94. The zero-order valence-electron chi connectivity index (χ0n) is 14.0. The van der Waals surface area contributed by atoms with Gasteiger partial charge in [-0.15, -0.1) is 12.6 Å². The number of non-ortho nitro benzene ring substituents is 1. The fourth-order valence-corrected chi connectivity index (χ4v) is 2.89. The van der Waals surface area contributed by atoms with E-state index in [1.165, 1.54) is 24.3 Å². The van der Waals surface area contributed by atoms with Crippen LogP contribution < -0.4 is 0 Å². The second-order valence-electron chi connectivity index (χ2n) is 5.67. The summed E-state index contributed by atoms with van der Waals surface area (Å²) in [4.78, 5) is 47.1. The topological polar surface area (TPSA) is 116 Å². The Bertz CT molecular complexity index is 707. The van der Waals surface area contributed by atoms with Crippen molar-refractivity contribution in [2.75, 3.05) is 13.2 Å². The van der Waals surface area contributed by atoms with E-state index in [9.17, 15) is 24.5 Å². The van der Waals surface area contributed by atoms with Gasteiger partial charge in [0.25, 0.3) is 5.69 Å². The van der Waals surface area contributed by atoms with Gasteiger partial charge in [-0.25, -0.2) is 4.79 Å². The molecule has 2 rings (SSSR count). The van der Waals surface area contributed by atoms with Gasteiger partial charge in [-0.1, -0.05) is 0 Å². The van der Waals surface area contributed by atoms with Crippen molar-refractivity contribution in [2.24, 2.45) is 5.92 Å². The molecule has 0 spiro atoms. The summed E-state index contributed by atoms with van der Waals surface area (Å²) >= 11 is 3.77. The van der Waals surface area contributed by atoms with Crippen molar-refractivity contribution in [3.8, 4) is 0 Å². The van der Waals surface area contributed by atoms with E-state index in [4.69, 9.17) is 9.47 Å². The molecular formula is C16H18N2O7S. The first kappa shape index (κ1) is 19.7. The molecule has 0 radical (unpaired) electrons. The standard InChI is InChI=1S/C16H18N2O7S/c1-2-24-14(19)11-7-13(15(20)26)17(8-11)16(21)25-9-10-3-5-12(6-4-10)18(22)23/h3-6,11,13H,2,7-9H2,1H3,(H,20,26)/t11-,13-/m0/s1. The SMILES string of the molecule is CCOC(=O)[C@H]1C[C@@H](C(=O)S)N(C(=O)OCc2ccc([N+](=O)[O-])cc2)C1. The van der Waals surface area contributed by atoms with Gasteiger partial charge in [-0.2, -0.15) is 0 Å². The van der Waals surface area contributed by atoms with Crippen molar-refractivity contribution < 1.29 is 28.8 Å². The number of benzene rings is 1. The number of carbonyl (C=O) groups is 3. The minimum atomic E-state index is -0.864. The molecule has 1 saturated heterocycles. The van der Waals surface area contributed by atoms with Crippen molar-refractivity contribution in [3.63, 3.8) is 0 Å². The van der Waals surface area contributed by atoms with Gasteiger partial charge < -0.3 is 9.47 Å². The number of carbonyl (C=O) groups excluding carboxylic acids is 3. The fourth-order valence-electron chi connectivity index (χ4n) is 2.64. The van der Waals surface area contributed by atoms with Gasteiger partial charge in [0.1, 0.15) is 12.6 Å². The van der Waals surface area contributed by atoms with Crippen LogP contribution in [-0.2, 0) is 25.7 Å². The molecule has 1 amide bonds. The Balaban J connectivity index is 1.98. The highest BCUT2D eigenvalue weighted by molar-refractivity contribution is 7.96. The maximum atomic E-state index is 12.3. The van der Waals surface area contributed by atoms with Crippen LogP contribution >= 0.6 is 12.6 Å². The molecule has 1 aromatic carbocycles. The Hall–Kier alpha value is -2.62. The Labute approximate surface area is 154 Å². The summed E-state index contributed by atoms with van der Waals surface area (Å²) in [6.07, 6.45) is -0.629. The van der Waals surface area contributed by atoms with Crippen molar-refractivity contribution >= 4 is 35.5 Å². The molecule has 1 aliphatic rings. The number of rotatable bonds is 6. The highest BCUT2D eigenvalue weighted by Crippen LogP contribution is 2.27. The summed E-state index contributed by atoms with van der Waals surface area (Å²) in [5, 5.41) is 10.1. The monoisotopic (exact) mass is 382 g/mol. The number of esters is 1. The lowest BCUT2D eigenvalue weighted by Crippen LogP contribution is -2.39. The van der Waals surface area contributed by atoms with Crippen LogP contribution in [0.3, 0.4) is 0 Å². The van der Waals surface area contributed by atoms with Gasteiger partial charge in [0.2, 0.25) is 5.12 Å². The number of amides is 1. The summed E-state index contributed by atoms with van der Waals surface area (Å²) < 4.78 is 10.1. The molecule has 1 heterocycles. The average molecular weight is 382 g/mol. The second kappa shape index (κ2) is 8.65. The molecule has 10 heteroatoms. The number of nitrogens with zero attached hydrogens (tertiary/aromatic N) is 2. The number of likely N-dealkylation sites (tertiary alicyclic amines) is 1. The number of nitro benzene ring substituents is 1. The van der Waals surface area contributed by atoms with E-state index in [0.717, 1.165) is 4.90 Å². The van der Waals surface area contributed by atoms with Crippen molar-refractivity contribution in [1.29, 1.82) is 0 Å². The van der Waals surface area contributed by atoms with E-state index in [-0.39, 0.29) is 31.9 Å². The molecule has 0 saturated carbocycles. The maximum Gasteiger partial charge on any atom is 0.410 e. The molecule has 1 aliphatic heterocycles. The zero-order valence-corrected chi connectivity index (χ0v) is 14.9. The third-order valence-corrected chi connectivity index (χ3v) is 4.25. The molecule has 1 aromatic rings. The first-order valence-electron chi connectivity index (χ1n) is 7.89. The summed E-state index contributed by atoms with van der Waals surface area (Å²) in [5.74, 6) is -1.08. The molecule has 9 nitrogen and oxygen atoms in total. The Morgan fingerprint density at radius 2 is 1.92 bits per heavy atom. The molecule has 1 fully saturated rings. The lowest BCUT2D eigenvalue weighted by Gasteiger charge is -2.21. The maximum absolute atomic E-state index is 12.3. The van der Waals surface area contributed by atoms with Crippen LogP contribution in [0.4, 0.5) is 10.5 Å². The van der Waals surface area contributed by atoms with E-state index < -0.39 is 34.1 Å². The third-order valence-electron chi connectivity index (χ3n) is 3.95. The molecule has 26 heavy (non-hydrogen) atoms. The Kier molecular flexibility index (Phi) is 6.56. The molecule has 0 N–H and O–H groups in total. The average Bonchev–Trinajstić information content (AvgIpc) is 3.06. The number of nitro groups is 1. The van der Waals surface area contributed by atoms with E-state index in [2.05, 4.69) is 12.6 Å². The second-order valence-corrected chi connectivity index (χ2v) is 6.11. The van der Waals surface area contributed by atoms with Crippen molar-refractivity contribution in [2.45, 2.75) is 26.0 Å². The van der Waals surface area contributed by atoms with E-state index >= 15 is 0 Å². The normalized spacial score (nSPS) is 19.1. The lowest BCUT2D eigenvalue weighted by atomic mass is 10.1. The van der Waals surface area contributed by atoms with Crippen LogP contribution in [0.25, 0.3) is 0 Å². The van der Waals surface area contributed by atoms with Crippen LogP contribution in [0.2, 0.25) is 0 Å². The largest absolute Gasteiger partial charge is 0.466 e. The summed E-state index contributed by atoms with van der Waals surface area (Å²) in [5.41, 5.74) is 0.483. The van der Waals surface area contributed by atoms with Crippen LogP contribution in [0.1, 0.15) is 18.9 Å². The zero-order chi connectivity index (χ0) is 19.3. The molecule has 2 atom stereocenters. The highest BCUT2D eigenvalue weighted by atomic mass is 32.1. The van der Waals surface area contributed by atoms with Gasteiger partial charge in [-0.05, 0) is 31.0 Å². The summed E-state index contributed by atoms with van der Waals surface area (Å²) in [7, 11) is 0. The molecule has 0 unspecified atom stereocenters. The quantitative estimate of drug-likeness (QED) is 0.346. The van der Waals surface area contributed by atoms with Crippen LogP contribution in [-0.4, -0.2) is 46.2 Å². The van der Waals surface area contributed by atoms with Crippen LogP contribution in [0.15, 0.2) is 24.3 Å². The van der Waals surface area contributed by atoms with Gasteiger partial charge in [0.15, 0.2) is 0 Å². The fraction of sp³-hybridized carbons (Fsp3) is 0.438. The summed E-state index contributed by atoms with van der Waals surface area (Å²) in [6, 6.07) is 4.68. The van der Waals surface area contributed by atoms with Gasteiger partial charge >= 0.3 is 12.1 Å². The van der Waals surface area contributed by atoms with Gasteiger partial charge in [0.05, 0.1) is 17.4 Å². The predicted molar refractivity (Wildman–Crippen MR) is 92.5 cm³/mol. The van der Waals surface area contributed by atoms with Crippen LogP contribution in [0, 0.1) is 16.0 Å². The lowest BCUT2D eigenvalue weighted by molar-refractivity contribution is -0.384. The first-order chi connectivity index (χ1) is 12.3. The van der Waals surface area contributed by atoms with E-state index in [1.807, 2.05) is 0 Å². The molecule has 0 aliphatic carbocycles. The highest BCUT2D eigenvalue weighted by Gasteiger charge is 2.42. The number of thiol groups is 1. The molecule has 0 aromatic heterocycles. The third kappa shape index (κ3) is 4.72. The molecule has 140 valence electrons. The molecular weight excluding hydrogens is 364 g/mol.